The highest BCUT2D eigenvalue weighted by Gasteiger charge is 2.44. The van der Waals surface area contributed by atoms with Crippen LogP contribution in [0.5, 0.6) is 0 Å². The van der Waals surface area contributed by atoms with Gasteiger partial charge >= 0.3 is 6.09 Å². The Hall–Kier alpha value is -1.97. The number of nitrogens with one attached hydrogen (secondary N) is 1. The Morgan fingerprint density at radius 2 is 2.25 bits per heavy atom. The molecule has 0 aliphatic carbocycles. The Kier molecular flexibility index (Phi) is 2.52. The molecule has 0 saturated carbocycles. The fraction of sp³-hybridized carbons (Fsp3) is 0.438. The van der Waals surface area contributed by atoms with Gasteiger partial charge in [0, 0.05) is 16.6 Å². The van der Waals surface area contributed by atoms with Gasteiger partial charge in [-0.2, -0.15) is 0 Å². The van der Waals surface area contributed by atoms with E-state index in [2.05, 4.69) is 36.2 Å². The normalized spacial score (nSPS) is 24.6. The highest BCUT2D eigenvalue weighted by Crippen LogP contribution is 2.41. The summed E-state index contributed by atoms with van der Waals surface area (Å²) in [5.74, 6) is 0. The lowest BCUT2D eigenvalue weighted by atomic mass is 9.91. The highest BCUT2D eigenvalue weighted by molar-refractivity contribution is 5.86. The number of ether oxygens (including phenoxy) is 1. The number of hydrogen-bond donors (Lipinski definition) is 1. The van der Waals surface area contributed by atoms with Crippen LogP contribution < -0.4 is 0 Å². The zero-order valence-electron chi connectivity index (χ0n) is 11.6. The minimum Gasteiger partial charge on any atom is -0.447 e. The average Bonchev–Trinajstić information content (AvgIpc) is 3.01. The molecule has 1 amide bonds. The monoisotopic (exact) mass is 270 g/mol. The molecule has 1 fully saturated rings. The van der Waals surface area contributed by atoms with Crippen LogP contribution in [0.3, 0.4) is 0 Å². The van der Waals surface area contributed by atoms with Crippen LogP contribution in [0.1, 0.15) is 37.1 Å². The molecule has 0 radical (unpaired) electrons. The molecule has 2 unspecified atom stereocenters. The molecule has 2 aromatic rings. The van der Waals surface area contributed by atoms with Crippen molar-refractivity contribution in [3.63, 3.8) is 0 Å². The van der Waals surface area contributed by atoms with Crippen LogP contribution in [0.2, 0.25) is 0 Å². The second-order valence-electron chi connectivity index (χ2n) is 5.71. The number of aromatic nitrogens is 1. The van der Waals surface area contributed by atoms with Crippen LogP contribution in [0.25, 0.3) is 10.9 Å². The number of carbonyl (C=O) groups is 1. The van der Waals surface area contributed by atoms with Gasteiger partial charge in [-0.25, -0.2) is 4.79 Å². The van der Waals surface area contributed by atoms with Crippen molar-refractivity contribution in [2.24, 2.45) is 0 Å². The van der Waals surface area contributed by atoms with Gasteiger partial charge < -0.3 is 9.72 Å². The number of rotatable bonds is 2. The molecule has 2 atom stereocenters. The van der Waals surface area contributed by atoms with Crippen LogP contribution in [0, 0.1) is 0 Å². The Morgan fingerprint density at radius 3 is 3.10 bits per heavy atom. The molecule has 4 nitrogen and oxygen atoms in total. The number of fused-ring (bicyclic) bond motifs is 4. The third-order valence-electron chi connectivity index (χ3n) is 4.52. The number of benzene rings is 1. The number of carbonyl (C=O) groups excluding carboxylic acids is 1. The smallest absolute Gasteiger partial charge is 0.410 e. The van der Waals surface area contributed by atoms with E-state index in [1.165, 1.54) is 22.2 Å². The first-order valence-corrected chi connectivity index (χ1v) is 7.34. The number of para-hydroxylation sites is 1. The van der Waals surface area contributed by atoms with E-state index in [9.17, 15) is 4.79 Å². The lowest BCUT2D eigenvalue weighted by Crippen LogP contribution is -2.42. The molecule has 1 saturated heterocycles. The largest absolute Gasteiger partial charge is 0.447 e. The lowest BCUT2D eigenvalue weighted by Gasteiger charge is -2.35. The summed E-state index contributed by atoms with van der Waals surface area (Å²) in [6, 6.07) is 8.74. The molecule has 1 aromatic heterocycles. The molecule has 4 rings (SSSR count). The predicted octanol–water partition coefficient (Wildman–Crippen LogP) is 3.39. The maximum absolute atomic E-state index is 12.0. The molecular formula is C16H18N2O2. The molecule has 1 N–H and O–H groups in total. The van der Waals surface area contributed by atoms with Crippen molar-refractivity contribution in [3.05, 3.63) is 35.5 Å². The van der Waals surface area contributed by atoms with Crippen molar-refractivity contribution in [2.45, 2.75) is 38.3 Å². The highest BCUT2D eigenvalue weighted by atomic mass is 16.6. The standard InChI is InChI=1S/C16H18N2O2/c1-2-5-14-15-12(8-10-9-20-16(19)18(10)14)11-6-3-4-7-13(11)17-15/h3-4,6-7,10,14,17H,2,5,8-9H2,1H3. The van der Waals surface area contributed by atoms with Crippen molar-refractivity contribution < 1.29 is 9.53 Å². The molecule has 0 spiro atoms. The van der Waals surface area contributed by atoms with E-state index < -0.39 is 0 Å². The first kappa shape index (κ1) is 11.8. The third kappa shape index (κ3) is 1.51. The minimum absolute atomic E-state index is 0.135. The zero-order chi connectivity index (χ0) is 13.7. The van der Waals surface area contributed by atoms with Gasteiger partial charge in [-0.05, 0) is 24.5 Å². The average molecular weight is 270 g/mol. The van der Waals surface area contributed by atoms with Crippen LogP contribution in [0.4, 0.5) is 4.79 Å². The predicted molar refractivity (Wildman–Crippen MR) is 76.6 cm³/mol. The maximum atomic E-state index is 12.0. The van der Waals surface area contributed by atoms with Gasteiger partial charge in [-0.15, -0.1) is 0 Å². The Morgan fingerprint density at radius 1 is 1.40 bits per heavy atom. The quantitative estimate of drug-likeness (QED) is 0.909. The van der Waals surface area contributed by atoms with Crippen LogP contribution in [-0.4, -0.2) is 28.6 Å². The number of cyclic esters (lactones) is 1. The van der Waals surface area contributed by atoms with Gasteiger partial charge in [0.25, 0.3) is 0 Å². The summed E-state index contributed by atoms with van der Waals surface area (Å²) >= 11 is 0. The van der Waals surface area contributed by atoms with E-state index >= 15 is 0 Å². The van der Waals surface area contributed by atoms with E-state index in [1.54, 1.807) is 0 Å². The fourth-order valence-corrected chi connectivity index (χ4v) is 3.67. The number of hydrogen-bond acceptors (Lipinski definition) is 2. The van der Waals surface area contributed by atoms with Crippen molar-refractivity contribution in [1.82, 2.24) is 9.88 Å². The lowest BCUT2D eigenvalue weighted by molar-refractivity contribution is 0.136. The molecule has 20 heavy (non-hydrogen) atoms. The first-order valence-electron chi connectivity index (χ1n) is 7.34. The Bertz CT molecular complexity index is 676. The zero-order valence-corrected chi connectivity index (χ0v) is 11.6. The summed E-state index contributed by atoms with van der Waals surface area (Å²) in [5, 5.41) is 1.29. The van der Waals surface area contributed by atoms with Crippen molar-refractivity contribution in [1.29, 1.82) is 0 Å². The van der Waals surface area contributed by atoms with Crippen LogP contribution in [0.15, 0.2) is 24.3 Å². The van der Waals surface area contributed by atoms with Gasteiger partial charge in [-0.1, -0.05) is 31.5 Å². The van der Waals surface area contributed by atoms with Crippen LogP contribution >= 0.6 is 0 Å². The molecule has 4 heteroatoms. The van der Waals surface area contributed by atoms with Crippen LogP contribution in [-0.2, 0) is 11.2 Å². The third-order valence-corrected chi connectivity index (χ3v) is 4.52. The molecule has 0 bridgehead atoms. The number of H-pyrrole nitrogens is 1. The Balaban J connectivity index is 1.89. The topological polar surface area (TPSA) is 45.3 Å². The van der Waals surface area contributed by atoms with E-state index in [0.717, 1.165) is 19.3 Å². The number of amides is 1. The summed E-state index contributed by atoms with van der Waals surface area (Å²) < 4.78 is 5.26. The van der Waals surface area contributed by atoms with Gasteiger partial charge in [0.05, 0.1) is 12.1 Å². The second kappa shape index (κ2) is 4.27. The van der Waals surface area contributed by atoms with Crippen molar-refractivity contribution in [2.75, 3.05) is 6.61 Å². The summed E-state index contributed by atoms with van der Waals surface area (Å²) in [6.45, 7) is 2.69. The molecular weight excluding hydrogens is 252 g/mol. The van der Waals surface area contributed by atoms with Crippen molar-refractivity contribution >= 4 is 17.0 Å². The molecule has 3 heterocycles. The minimum atomic E-state index is -0.155. The molecule has 1 aromatic carbocycles. The SMILES string of the molecule is CCCC1c2[nH]c3ccccc3c2CC2COC(=O)N21. The second-order valence-corrected chi connectivity index (χ2v) is 5.71. The van der Waals surface area contributed by atoms with E-state index in [-0.39, 0.29) is 18.2 Å². The molecule has 104 valence electrons. The summed E-state index contributed by atoms with van der Waals surface area (Å²) in [7, 11) is 0. The van der Waals surface area contributed by atoms with Crippen molar-refractivity contribution in [3.8, 4) is 0 Å². The van der Waals surface area contributed by atoms with E-state index in [1.807, 2.05) is 4.90 Å². The number of aromatic amines is 1. The van der Waals surface area contributed by atoms with E-state index in [4.69, 9.17) is 4.74 Å². The molecule has 2 aliphatic heterocycles. The number of nitrogens with zero attached hydrogens (tertiary/aromatic N) is 1. The first-order chi connectivity index (χ1) is 9.79. The summed E-state index contributed by atoms with van der Waals surface area (Å²) in [6.07, 6.45) is 2.77. The fourth-order valence-electron chi connectivity index (χ4n) is 3.67. The summed E-state index contributed by atoms with van der Waals surface area (Å²) in [5.41, 5.74) is 3.76. The molecule has 2 aliphatic rings. The van der Waals surface area contributed by atoms with Gasteiger partial charge in [0.2, 0.25) is 0 Å². The maximum Gasteiger partial charge on any atom is 0.410 e. The Labute approximate surface area is 117 Å². The van der Waals surface area contributed by atoms with Gasteiger partial charge in [-0.3, -0.25) is 4.90 Å². The van der Waals surface area contributed by atoms with Gasteiger partial charge in [0.15, 0.2) is 0 Å². The van der Waals surface area contributed by atoms with E-state index in [0.29, 0.717) is 6.61 Å². The van der Waals surface area contributed by atoms with Gasteiger partial charge in [0.1, 0.15) is 6.61 Å². The summed E-state index contributed by atoms with van der Waals surface area (Å²) in [4.78, 5) is 17.5.